The van der Waals surface area contributed by atoms with Crippen LogP contribution in [0.5, 0.6) is 5.75 Å². The van der Waals surface area contributed by atoms with Crippen molar-refractivity contribution in [3.63, 3.8) is 0 Å². The second-order valence-electron chi connectivity index (χ2n) is 7.68. The number of sulfonamides is 1. The largest absolute Gasteiger partial charge is 0.497 e. The zero-order valence-electron chi connectivity index (χ0n) is 18.6. The Bertz CT molecular complexity index is 1580. The van der Waals surface area contributed by atoms with Gasteiger partial charge in [-0.1, -0.05) is 18.2 Å². The molecule has 3 aromatic carbocycles. The van der Waals surface area contributed by atoms with Gasteiger partial charge in [0.1, 0.15) is 17.3 Å². The summed E-state index contributed by atoms with van der Waals surface area (Å²) in [5, 5.41) is 12.8. The Hall–Kier alpha value is -4.38. The normalized spacial score (nSPS) is 11.3. The van der Waals surface area contributed by atoms with Gasteiger partial charge in [0.05, 0.1) is 24.6 Å². The highest BCUT2D eigenvalue weighted by molar-refractivity contribution is 7.92. The van der Waals surface area contributed by atoms with Gasteiger partial charge in [-0.25, -0.2) is 22.2 Å². The van der Waals surface area contributed by atoms with E-state index in [-0.39, 0.29) is 16.9 Å². The van der Waals surface area contributed by atoms with Crippen LogP contribution in [0.15, 0.2) is 66.7 Å². The maximum absolute atomic E-state index is 14.5. The zero-order chi connectivity index (χ0) is 25.3. The molecule has 11 heteroatoms. The van der Waals surface area contributed by atoms with Gasteiger partial charge in [0.15, 0.2) is 0 Å². The highest BCUT2D eigenvalue weighted by Crippen LogP contribution is 2.29. The van der Waals surface area contributed by atoms with Crippen LogP contribution in [0.3, 0.4) is 0 Å². The first-order chi connectivity index (χ1) is 16.6. The highest BCUT2D eigenvalue weighted by atomic mass is 32.2. The molecule has 3 N–H and O–H groups in total. The molecule has 0 aliphatic heterocycles. The number of halogens is 1. The number of carbonyl (C=O) groups is 2. The van der Waals surface area contributed by atoms with Crippen molar-refractivity contribution in [3.8, 4) is 16.9 Å². The Morgan fingerprint density at radius 1 is 1.00 bits per heavy atom. The van der Waals surface area contributed by atoms with Crippen molar-refractivity contribution in [1.82, 2.24) is 4.57 Å². The van der Waals surface area contributed by atoms with Gasteiger partial charge in [-0.2, -0.15) is 0 Å². The number of aromatic nitrogens is 1. The van der Waals surface area contributed by atoms with E-state index in [0.717, 1.165) is 10.8 Å². The molecular weight excluding hydrogens is 477 g/mol. The first-order valence-corrected chi connectivity index (χ1v) is 12.1. The maximum Gasteiger partial charge on any atom is 0.416 e. The SMILES string of the molecule is COc1ccc(-c2cccc(NC(=O)c3cc4ccc(NS(C)(=O)=O)cc4n3C(=O)O)c2)c(F)c1. The van der Waals surface area contributed by atoms with Crippen molar-refractivity contribution in [2.45, 2.75) is 0 Å². The third-order valence-electron chi connectivity index (χ3n) is 5.14. The molecule has 0 saturated heterocycles. The number of hydrogen-bond acceptors (Lipinski definition) is 5. The molecule has 35 heavy (non-hydrogen) atoms. The molecule has 1 aromatic heterocycles. The van der Waals surface area contributed by atoms with E-state index in [2.05, 4.69) is 10.0 Å². The van der Waals surface area contributed by atoms with Crippen molar-refractivity contribution in [1.29, 1.82) is 0 Å². The standard InChI is InChI=1S/C24H20FN3O6S/c1-34-18-8-9-19(20(25)13-18)14-4-3-5-16(10-14)26-23(29)22-11-15-6-7-17(27-35(2,32)33)12-21(15)28(22)24(30)31/h3-13,27H,1-2H3,(H,26,29)(H,30,31). The van der Waals surface area contributed by atoms with E-state index in [9.17, 15) is 27.5 Å². The minimum Gasteiger partial charge on any atom is -0.497 e. The number of fused-ring (bicyclic) bond motifs is 1. The third-order valence-corrected chi connectivity index (χ3v) is 5.75. The molecule has 4 rings (SSSR count). The molecule has 0 spiro atoms. The summed E-state index contributed by atoms with van der Waals surface area (Å²) in [6.45, 7) is 0. The fraction of sp³-hybridized carbons (Fsp3) is 0.0833. The molecule has 1 heterocycles. The number of carboxylic acid groups (broad SMARTS) is 1. The molecule has 180 valence electrons. The van der Waals surface area contributed by atoms with E-state index in [4.69, 9.17) is 4.74 Å². The van der Waals surface area contributed by atoms with Crippen LogP contribution in [-0.2, 0) is 10.0 Å². The number of rotatable bonds is 6. The van der Waals surface area contributed by atoms with Crippen LogP contribution in [-0.4, -0.2) is 43.5 Å². The molecule has 1 amide bonds. The average Bonchev–Trinajstić information content (AvgIpc) is 3.17. The Morgan fingerprint density at radius 2 is 1.77 bits per heavy atom. The van der Waals surface area contributed by atoms with Gasteiger partial charge >= 0.3 is 6.09 Å². The molecule has 9 nitrogen and oxygen atoms in total. The van der Waals surface area contributed by atoms with Gasteiger partial charge in [-0.3, -0.25) is 9.52 Å². The third kappa shape index (κ3) is 5.09. The summed E-state index contributed by atoms with van der Waals surface area (Å²) in [4.78, 5) is 25.0. The smallest absolute Gasteiger partial charge is 0.416 e. The van der Waals surface area contributed by atoms with Crippen molar-refractivity contribution in [2.75, 3.05) is 23.4 Å². The van der Waals surface area contributed by atoms with Gasteiger partial charge in [0.2, 0.25) is 10.0 Å². The fourth-order valence-electron chi connectivity index (χ4n) is 3.67. The monoisotopic (exact) mass is 497 g/mol. The number of anilines is 2. The minimum atomic E-state index is -3.58. The summed E-state index contributed by atoms with van der Waals surface area (Å²) in [5.41, 5.74) is 1.23. The van der Waals surface area contributed by atoms with E-state index in [1.165, 1.54) is 37.4 Å². The number of hydrogen-bond donors (Lipinski definition) is 3. The van der Waals surface area contributed by atoms with Crippen LogP contribution in [0.25, 0.3) is 22.0 Å². The second-order valence-corrected chi connectivity index (χ2v) is 9.42. The number of amides is 1. The van der Waals surface area contributed by atoms with E-state index in [1.54, 1.807) is 36.4 Å². The first-order valence-electron chi connectivity index (χ1n) is 10.2. The lowest BCUT2D eigenvalue weighted by Crippen LogP contribution is -2.20. The Labute approximate surface area is 199 Å². The predicted octanol–water partition coefficient (Wildman–Crippen LogP) is 4.61. The molecule has 0 aliphatic carbocycles. The van der Waals surface area contributed by atoms with Crippen LogP contribution in [0, 0.1) is 5.82 Å². The fourth-order valence-corrected chi connectivity index (χ4v) is 4.22. The topological polar surface area (TPSA) is 127 Å². The van der Waals surface area contributed by atoms with Crippen molar-refractivity contribution in [2.24, 2.45) is 0 Å². The number of carbonyl (C=O) groups excluding carboxylic acids is 1. The molecule has 4 aromatic rings. The van der Waals surface area contributed by atoms with Crippen LogP contribution < -0.4 is 14.8 Å². The Balaban J connectivity index is 1.68. The predicted molar refractivity (Wildman–Crippen MR) is 130 cm³/mol. The van der Waals surface area contributed by atoms with Crippen LogP contribution >= 0.6 is 0 Å². The van der Waals surface area contributed by atoms with E-state index < -0.39 is 27.8 Å². The van der Waals surface area contributed by atoms with Crippen LogP contribution in [0.1, 0.15) is 10.5 Å². The summed E-state index contributed by atoms with van der Waals surface area (Å²) in [5.74, 6) is -0.849. The molecule has 0 saturated carbocycles. The number of nitrogens with one attached hydrogen (secondary N) is 2. The Morgan fingerprint density at radius 3 is 2.43 bits per heavy atom. The van der Waals surface area contributed by atoms with Crippen molar-refractivity contribution < 1.29 is 32.2 Å². The Kier molecular flexibility index (Phi) is 6.18. The summed E-state index contributed by atoms with van der Waals surface area (Å²) >= 11 is 0. The van der Waals surface area contributed by atoms with Gasteiger partial charge in [-0.05, 0) is 48.0 Å². The summed E-state index contributed by atoms with van der Waals surface area (Å²) in [7, 11) is -2.15. The molecule has 0 unspecified atom stereocenters. The van der Waals surface area contributed by atoms with Crippen molar-refractivity contribution >= 4 is 44.3 Å². The molecule has 0 bridgehead atoms. The number of ether oxygens (including phenoxy) is 1. The molecule has 0 atom stereocenters. The zero-order valence-corrected chi connectivity index (χ0v) is 19.4. The van der Waals surface area contributed by atoms with Gasteiger partial charge < -0.3 is 15.2 Å². The van der Waals surface area contributed by atoms with Gasteiger partial charge in [0.25, 0.3) is 5.91 Å². The van der Waals surface area contributed by atoms with Crippen LogP contribution in [0.2, 0.25) is 0 Å². The van der Waals surface area contributed by atoms with Gasteiger partial charge in [0, 0.05) is 22.7 Å². The molecule has 0 fully saturated rings. The summed E-state index contributed by atoms with van der Waals surface area (Å²) in [6.07, 6.45) is -0.450. The number of methoxy groups -OCH3 is 1. The number of nitrogens with zero attached hydrogens (tertiary/aromatic N) is 1. The molecule has 0 aliphatic rings. The summed E-state index contributed by atoms with van der Waals surface area (Å²) < 4.78 is 45.6. The van der Waals surface area contributed by atoms with Crippen molar-refractivity contribution in [3.05, 3.63) is 78.2 Å². The molecular formula is C24H20FN3O6S. The first kappa shape index (κ1) is 23.8. The minimum absolute atomic E-state index is 0.130. The quantitative estimate of drug-likeness (QED) is 0.357. The lowest BCUT2D eigenvalue weighted by Gasteiger charge is -2.10. The van der Waals surface area contributed by atoms with E-state index >= 15 is 0 Å². The molecule has 0 radical (unpaired) electrons. The lowest BCUT2D eigenvalue weighted by atomic mass is 10.0. The lowest BCUT2D eigenvalue weighted by molar-refractivity contribution is 0.101. The average molecular weight is 498 g/mol. The summed E-state index contributed by atoms with van der Waals surface area (Å²) in [6, 6.07) is 16.5. The van der Waals surface area contributed by atoms with E-state index in [0.29, 0.717) is 28.0 Å². The second kappa shape index (κ2) is 9.11. The number of benzene rings is 3. The maximum atomic E-state index is 14.5. The van der Waals surface area contributed by atoms with Gasteiger partial charge in [-0.15, -0.1) is 0 Å². The van der Waals surface area contributed by atoms with Crippen LogP contribution in [0.4, 0.5) is 20.6 Å². The highest BCUT2D eigenvalue weighted by Gasteiger charge is 2.21. The van der Waals surface area contributed by atoms with E-state index in [1.807, 2.05) is 0 Å².